The van der Waals surface area contributed by atoms with Crippen molar-refractivity contribution >= 4 is 44.3 Å². The molecule has 1 saturated carbocycles. The first-order chi connectivity index (χ1) is 20.1. The molecule has 1 aliphatic carbocycles. The summed E-state index contributed by atoms with van der Waals surface area (Å²) >= 11 is 2.21. The van der Waals surface area contributed by atoms with Gasteiger partial charge in [0.15, 0.2) is 12.4 Å². The number of aromatic hydroxyl groups is 1. The van der Waals surface area contributed by atoms with Crippen molar-refractivity contribution in [1.29, 1.82) is 0 Å². The van der Waals surface area contributed by atoms with Crippen molar-refractivity contribution in [2.24, 2.45) is 5.41 Å². The van der Waals surface area contributed by atoms with Crippen LogP contribution in [0.5, 0.6) is 17.6 Å². The van der Waals surface area contributed by atoms with Crippen LogP contribution in [-0.4, -0.2) is 64.0 Å². The average molecular weight is 696 g/mol. The lowest BCUT2D eigenvalue weighted by molar-refractivity contribution is -0.153. The summed E-state index contributed by atoms with van der Waals surface area (Å²) in [6.45, 7) is 3.57. The second-order valence-electron chi connectivity index (χ2n) is 11.1. The quantitative estimate of drug-likeness (QED) is 0.148. The van der Waals surface area contributed by atoms with Crippen molar-refractivity contribution in [3.8, 4) is 28.9 Å². The molecule has 1 aliphatic heterocycles. The molecular weight excluding hydrogens is 667 g/mol. The zero-order valence-corrected chi connectivity index (χ0v) is 25.1. The first-order valence-electron chi connectivity index (χ1n) is 13.9. The highest BCUT2D eigenvalue weighted by molar-refractivity contribution is 14.1. The minimum atomic E-state index is -4.63. The zero-order chi connectivity index (χ0) is 29.6. The molecule has 0 unspecified atom stereocenters. The Kier molecular flexibility index (Phi) is 7.79. The molecule has 4 aromatic rings. The van der Waals surface area contributed by atoms with Crippen molar-refractivity contribution in [3.05, 3.63) is 45.4 Å². The van der Waals surface area contributed by atoms with Gasteiger partial charge in [0.1, 0.15) is 17.0 Å². The summed E-state index contributed by atoms with van der Waals surface area (Å²) in [6, 6.07) is 6.54. The minimum Gasteiger partial charge on any atom is -0.508 e. The number of alkyl halides is 3. The van der Waals surface area contributed by atoms with Gasteiger partial charge in [0.25, 0.3) is 0 Å². The van der Waals surface area contributed by atoms with Crippen LogP contribution < -0.4 is 9.47 Å². The largest absolute Gasteiger partial charge is 0.508 e. The van der Waals surface area contributed by atoms with E-state index >= 15 is 4.39 Å². The number of pyridine rings is 1. The van der Waals surface area contributed by atoms with Gasteiger partial charge in [-0.15, -0.1) is 0 Å². The maximum Gasteiger partial charge on any atom is 0.422 e. The number of rotatable bonds is 9. The number of hydrogen-bond acceptors (Lipinski definition) is 7. The van der Waals surface area contributed by atoms with Crippen molar-refractivity contribution in [2.75, 3.05) is 32.8 Å². The molecule has 0 amide bonds. The molecule has 12 heteroatoms. The highest BCUT2D eigenvalue weighted by atomic mass is 127. The Bertz CT molecular complexity index is 1660. The average Bonchev–Trinajstić information content (AvgIpc) is 3.52. The monoisotopic (exact) mass is 696 g/mol. The Morgan fingerprint density at radius 2 is 1.86 bits per heavy atom. The van der Waals surface area contributed by atoms with Gasteiger partial charge >= 0.3 is 12.2 Å². The van der Waals surface area contributed by atoms with E-state index in [1.165, 1.54) is 12.3 Å². The van der Waals surface area contributed by atoms with Crippen LogP contribution in [-0.2, 0) is 6.42 Å². The molecule has 2 aromatic carbocycles. The summed E-state index contributed by atoms with van der Waals surface area (Å²) in [5.41, 5.74) is 0.858. The van der Waals surface area contributed by atoms with Crippen LogP contribution in [0, 0.1) is 14.8 Å². The Labute approximate surface area is 253 Å². The first-order valence-corrected chi connectivity index (χ1v) is 15.0. The molecule has 6 rings (SSSR count). The summed E-state index contributed by atoms with van der Waals surface area (Å²) in [4.78, 5) is 15.1. The number of hydrogen-bond donors (Lipinski definition) is 1. The molecule has 1 saturated heterocycles. The van der Waals surface area contributed by atoms with Crippen molar-refractivity contribution in [2.45, 2.75) is 45.2 Å². The topological polar surface area (TPSA) is 80.6 Å². The molecular formula is C30H29F4IN4O3. The molecule has 7 nitrogen and oxygen atoms in total. The lowest BCUT2D eigenvalue weighted by atomic mass is 9.95. The Morgan fingerprint density at radius 3 is 2.55 bits per heavy atom. The fourth-order valence-electron chi connectivity index (χ4n) is 5.71. The summed E-state index contributed by atoms with van der Waals surface area (Å²) < 4.78 is 67.5. The third-order valence-corrected chi connectivity index (χ3v) is 9.00. The summed E-state index contributed by atoms with van der Waals surface area (Å²) in [6.07, 6.45) is 1.46. The van der Waals surface area contributed by atoms with Gasteiger partial charge in [-0.3, -0.25) is 4.98 Å². The standard InChI is InChI=1S/C30H29F4IN4O3/c1-2-19-22(35)6-5-17-11-18(40)12-20(23(17)19)25-24(31)26-21(13-36-25)27(41-16-30(32,33)34)38-28(37-26)42-15-29(7-8-29)14-39-9-3-4-10-39/h5-6,11-13,40H,2-4,7-10,14-16H2,1H3. The highest BCUT2D eigenvalue weighted by Gasteiger charge is 2.45. The van der Waals surface area contributed by atoms with E-state index in [-0.39, 0.29) is 40.4 Å². The van der Waals surface area contributed by atoms with E-state index in [0.29, 0.717) is 17.4 Å². The Balaban J connectivity index is 1.43. The van der Waals surface area contributed by atoms with Crippen molar-refractivity contribution in [1.82, 2.24) is 19.9 Å². The molecule has 1 N–H and O–H groups in total. The molecule has 42 heavy (non-hydrogen) atoms. The van der Waals surface area contributed by atoms with Crippen LogP contribution in [0.4, 0.5) is 17.6 Å². The molecule has 222 valence electrons. The second kappa shape index (κ2) is 11.3. The fraction of sp³-hybridized carbons (Fsp3) is 0.433. The van der Waals surface area contributed by atoms with Crippen molar-refractivity contribution in [3.63, 3.8) is 0 Å². The third-order valence-electron chi connectivity index (χ3n) is 7.99. The van der Waals surface area contributed by atoms with Crippen LogP contribution in [0.15, 0.2) is 30.5 Å². The van der Waals surface area contributed by atoms with Crippen LogP contribution in [0.3, 0.4) is 0 Å². The van der Waals surface area contributed by atoms with Gasteiger partial charge in [0, 0.05) is 27.3 Å². The lowest BCUT2D eigenvalue weighted by Crippen LogP contribution is -2.31. The summed E-state index contributed by atoms with van der Waals surface area (Å²) in [5.74, 6) is -1.41. The third kappa shape index (κ3) is 5.92. The minimum absolute atomic E-state index is 0.0734. The summed E-state index contributed by atoms with van der Waals surface area (Å²) in [7, 11) is 0. The van der Waals surface area contributed by atoms with Crippen LogP contribution in [0.2, 0.25) is 0 Å². The van der Waals surface area contributed by atoms with Gasteiger partial charge in [0.05, 0.1) is 12.0 Å². The molecule has 2 aliphatic rings. The van der Waals surface area contributed by atoms with E-state index in [2.05, 4.69) is 42.4 Å². The number of ether oxygens (including phenoxy) is 2. The fourth-order valence-corrected chi connectivity index (χ4v) is 6.54. The first kappa shape index (κ1) is 29.1. The van der Waals surface area contributed by atoms with E-state index < -0.39 is 24.5 Å². The number of aromatic nitrogens is 3. The van der Waals surface area contributed by atoms with E-state index in [0.717, 1.165) is 59.8 Å². The number of phenols is 1. The normalized spacial score (nSPS) is 16.8. The molecule has 3 heterocycles. The number of fused-ring (bicyclic) bond motifs is 2. The SMILES string of the molecule is CCc1c(I)ccc2cc(O)cc(-c3ncc4c(OCC(F)(F)F)nc(OCC5(CN6CCCC6)CC5)nc4c3F)c12. The molecule has 2 fully saturated rings. The maximum atomic E-state index is 16.4. The number of halogens is 5. The number of benzene rings is 2. The van der Waals surface area contributed by atoms with E-state index in [1.54, 1.807) is 6.07 Å². The highest BCUT2D eigenvalue weighted by Crippen LogP contribution is 2.47. The predicted octanol–water partition coefficient (Wildman–Crippen LogP) is 7.05. The summed E-state index contributed by atoms with van der Waals surface area (Å²) in [5, 5.41) is 11.8. The Hall–Kier alpha value is -3.00. The van der Waals surface area contributed by atoms with Crippen molar-refractivity contribution < 1.29 is 32.1 Å². The predicted molar refractivity (Wildman–Crippen MR) is 158 cm³/mol. The van der Waals surface area contributed by atoms with Gasteiger partial charge in [-0.05, 0) is 102 Å². The second-order valence-corrected chi connectivity index (χ2v) is 12.3. The number of phenolic OH excluding ortho intramolecular Hbond substituents is 1. The number of likely N-dealkylation sites (tertiary alicyclic amines) is 1. The van der Waals surface area contributed by atoms with Gasteiger partial charge < -0.3 is 19.5 Å². The van der Waals surface area contributed by atoms with E-state index in [9.17, 15) is 18.3 Å². The van der Waals surface area contributed by atoms with E-state index in [1.807, 2.05) is 19.1 Å². The van der Waals surface area contributed by atoms with Gasteiger partial charge in [-0.2, -0.15) is 23.1 Å². The zero-order valence-electron chi connectivity index (χ0n) is 22.9. The molecule has 0 bridgehead atoms. The van der Waals surface area contributed by atoms with Gasteiger partial charge in [-0.25, -0.2) is 4.39 Å². The van der Waals surface area contributed by atoms with Gasteiger partial charge in [0.2, 0.25) is 5.88 Å². The van der Waals surface area contributed by atoms with Gasteiger partial charge in [-0.1, -0.05) is 13.0 Å². The van der Waals surface area contributed by atoms with Crippen LogP contribution in [0.25, 0.3) is 32.9 Å². The molecule has 0 atom stereocenters. The smallest absolute Gasteiger partial charge is 0.422 e. The van der Waals surface area contributed by atoms with Crippen LogP contribution in [0.1, 0.15) is 38.2 Å². The Morgan fingerprint density at radius 1 is 1.10 bits per heavy atom. The van der Waals surface area contributed by atoms with E-state index in [4.69, 9.17) is 9.47 Å². The maximum absolute atomic E-state index is 16.4. The number of nitrogens with zero attached hydrogens (tertiary/aromatic N) is 4. The molecule has 2 aromatic heterocycles. The van der Waals surface area contributed by atoms with Crippen LogP contribution >= 0.6 is 22.6 Å². The number of aryl methyl sites for hydroxylation is 1. The molecule has 0 radical (unpaired) electrons. The molecule has 0 spiro atoms. The lowest BCUT2D eigenvalue weighted by Gasteiger charge is -2.22.